The molecule has 0 aromatic heterocycles. The van der Waals surface area contributed by atoms with Crippen molar-refractivity contribution in [2.45, 2.75) is 0 Å². The average molecular weight is 593 g/mol. The summed E-state index contributed by atoms with van der Waals surface area (Å²) in [6.07, 6.45) is 0. The summed E-state index contributed by atoms with van der Waals surface area (Å²) in [4.78, 5) is 0. The van der Waals surface area contributed by atoms with Gasteiger partial charge in [0.2, 0.25) is 0 Å². The summed E-state index contributed by atoms with van der Waals surface area (Å²) >= 11 is 27.8. The molecular formula is C6H18O6P3S6Sb. The Morgan fingerprint density at radius 2 is 0.591 bits per heavy atom. The molecule has 0 atom stereocenters. The van der Waals surface area contributed by atoms with Gasteiger partial charge in [-0.15, -0.1) is 0 Å². The summed E-state index contributed by atoms with van der Waals surface area (Å²) in [6.45, 7) is 0. The van der Waals surface area contributed by atoms with Crippen LogP contribution in [0.3, 0.4) is 0 Å². The van der Waals surface area contributed by atoms with Crippen molar-refractivity contribution in [2.24, 2.45) is 0 Å². The van der Waals surface area contributed by atoms with Crippen LogP contribution in [0.15, 0.2) is 0 Å². The Bertz CT molecular complexity index is 320. The largest absolute Gasteiger partial charge is 3.00 e. The van der Waals surface area contributed by atoms with E-state index in [1.54, 1.807) is 0 Å². The summed E-state index contributed by atoms with van der Waals surface area (Å²) < 4.78 is 27.6. The van der Waals surface area contributed by atoms with Crippen molar-refractivity contribution >= 4 is 114 Å². The summed E-state index contributed by atoms with van der Waals surface area (Å²) in [6, 6.07) is 0. The van der Waals surface area contributed by atoms with E-state index in [1.807, 2.05) is 0 Å². The van der Waals surface area contributed by atoms with E-state index in [0.29, 0.717) is 0 Å². The minimum Gasteiger partial charge on any atom is -0.691 e. The van der Waals surface area contributed by atoms with Gasteiger partial charge >= 0.3 is 24.4 Å². The Kier molecular flexibility index (Phi) is 27.1. The fourth-order valence-corrected chi connectivity index (χ4v) is 0.671. The molecule has 2 radical (unpaired) electrons. The van der Waals surface area contributed by atoms with E-state index >= 15 is 0 Å². The molecule has 0 aliphatic heterocycles. The second-order valence-corrected chi connectivity index (χ2v) is 18.0. The van der Waals surface area contributed by atoms with Crippen molar-refractivity contribution < 1.29 is 27.1 Å². The normalized spacial score (nSPS) is 11.3. The predicted molar refractivity (Wildman–Crippen MR) is 113 cm³/mol. The molecule has 0 N–H and O–H groups in total. The van der Waals surface area contributed by atoms with Crippen molar-refractivity contribution in [3.63, 3.8) is 0 Å². The van der Waals surface area contributed by atoms with Crippen LogP contribution >= 0.6 is 17.1 Å². The van der Waals surface area contributed by atoms with Crippen LogP contribution in [0.2, 0.25) is 0 Å². The van der Waals surface area contributed by atoms with Gasteiger partial charge in [0, 0.05) is 42.7 Å². The third-order valence-corrected chi connectivity index (χ3v) is 9.39. The molecule has 22 heavy (non-hydrogen) atoms. The van der Waals surface area contributed by atoms with Gasteiger partial charge in [0.05, 0.1) is 17.1 Å². The van der Waals surface area contributed by atoms with Crippen LogP contribution in [0.1, 0.15) is 0 Å². The van der Waals surface area contributed by atoms with Crippen molar-refractivity contribution in [1.82, 2.24) is 0 Å². The minimum atomic E-state index is -2.24. The molecule has 0 aromatic rings. The first kappa shape index (κ1) is 33.2. The summed E-state index contributed by atoms with van der Waals surface area (Å²) in [7, 11) is 8.73. The fourth-order valence-electron chi connectivity index (χ4n) is 0.224. The average Bonchev–Trinajstić information content (AvgIpc) is 2.48. The predicted octanol–water partition coefficient (Wildman–Crippen LogP) is 2.77. The van der Waals surface area contributed by atoms with Gasteiger partial charge in [0.15, 0.2) is 0 Å². The molecule has 0 saturated carbocycles. The molecule has 0 heterocycles. The van der Waals surface area contributed by atoms with Gasteiger partial charge in [-0.3, -0.25) is 0 Å². The molecule has 0 aliphatic rings. The molecule has 0 saturated heterocycles. The van der Waals surface area contributed by atoms with Crippen LogP contribution in [0.25, 0.3) is 0 Å². The number of hydrogen-bond acceptors (Lipinski definition) is 12. The number of rotatable bonds is 6. The maximum Gasteiger partial charge on any atom is 3.00 e. The molecule has 0 aliphatic carbocycles. The second-order valence-electron chi connectivity index (χ2n) is 2.44. The SMILES string of the molecule is COP(=S)([S-])OC.COP(=S)([S-])OC.COP(=S)([S-])OC.[Sb+3]. The van der Waals surface area contributed by atoms with Gasteiger partial charge in [-0.2, -0.15) is 0 Å². The van der Waals surface area contributed by atoms with Crippen molar-refractivity contribution in [3.8, 4) is 0 Å². The van der Waals surface area contributed by atoms with Crippen molar-refractivity contribution in [1.29, 1.82) is 0 Å². The zero-order valence-electron chi connectivity index (χ0n) is 12.7. The van der Waals surface area contributed by atoms with Gasteiger partial charge in [0.1, 0.15) is 0 Å². The molecule has 0 fully saturated rings. The van der Waals surface area contributed by atoms with Gasteiger partial charge in [-0.05, 0) is 0 Å². The molecule has 0 amide bonds. The third-order valence-electron chi connectivity index (χ3n) is 1.34. The van der Waals surface area contributed by atoms with Crippen LogP contribution in [-0.4, -0.2) is 67.1 Å². The van der Waals surface area contributed by atoms with Gasteiger partial charge in [0.25, 0.3) is 0 Å². The first-order valence-electron chi connectivity index (χ1n) is 4.64. The first-order valence-corrected chi connectivity index (χ1v) is 15.6. The Labute approximate surface area is 181 Å². The molecule has 134 valence electrons. The Morgan fingerprint density at radius 3 is 0.591 bits per heavy atom. The van der Waals surface area contributed by atoms with Crippen LogP contribution in [0, 0.1) is 0 Å². The quantitative estimate of drug-likeness (QED) is 0.259. The van der Waals surface area contributed by atoms with Crippen LogP contribution in [0.4, 0.5) is 0 Å². The molecular weight excluding hydrogens is 575 g/mol. The summed E-state index contributed by atoms with van der Waals surface area (Å²) in [5, 5.41) is 0. The van der Waals surface area contributed by atoms with Gasteiger partial charge < -0.3 is 63.9 Å². The smallest absolute Gasteiger partial charge is 0.691 e. The monoisotopic (exact) mass is 592 g/mol. The number of hydrogen-bond donors (Lipinski definition) is 0. The van der Waals surface area contributed by atoms with E-state index in [1.165, 1.54) is 42.7 Å². The van der Waals surface area contributed by atoms with Gasteiger partial charge in [-0.1, -0.05) is 35.4 Å². The summed E-state index contributed by atoms with van der Waals surface area (Å²) in [5.74, 6) is 0. The standard InChI is InChI=1S/3C2H7O2PS2.Sb/c3*1-3-5(6,7)4-2;/h3*1-2H3,(H,6,7);/q;;;+3/p-3. The maximum absolute atomic E-state index is 4.63. The third kappa shape index (κ3) is 25.8. The zero-order chi connectivity index (χ0) is 17.7. The Balaban J connectivity index is -0.000000108. The molecule has 0 rings (SSSR count). The van der Waals surface area contributed by atoms with Crippen molar-refractivity contribution in [3.05, 3.63) is 0 Å². The Morgan fingerprint density at radius 1 is 0.500 bits per heavy atom. The molecule has 0 aromatic carbocycles. The summed E-state index contributed by atoms with van der Waals surface area (Å²) in [5.41, 5.74) is -6.71. The Hall–Kier alpha value is 3.58. The van der Waals surface area contributed by atoms with E-state index in [0.717, 1.165) is 0 Å². The van der Waals surface area contributed by atoms with E-state index in [4.69, 9.17) is 0 Å². The molecule has 0 spiro atoms. The fraction of sp³-hybridized carbons (Fsp3) is 1.00. The van der Waals surface area contributed by atoms with Crippen molar-refractivity contribution in [2.75, 3.05) is 42.7 Å². The molecule has 16 heteroatoms. The topological polar surface area (TPSA) is 55.4 Å². The second kappa shape index (κ2) is 18.0. The molecule has 6 nitrogen and oxygen atoms in total. The van der Waals surface area contributed by atoms with Crippen LogP contribution in [0.5, 0.6) is 0 Å². The minimum absolute atomic E-state index is 0. The van der Waals surface area contributed by atoms with E-state index < -0.39 is 17.1 Å². The van der Waals surface area contributed by atoms with Gasteiger partial charge in [-0.25, -0.2) is 0 Å². The maximum atomic E-state index is 4.63. The van der Waals surface area contributed by atoms with E-state index in [2.05, 4.69) is 99.3 Å². The first-order chi connectivity index (χ1) is 9.36. The molecule has 0 bridgehead atoms. The van der Waals surface area contributed by atoms with Crippen LogP contribution in [-0.2, 0) is 99.3 Å². The van der Waals surface area contributed by atoms with E-state index in [-0.39, 0.29) is 24.4 Å². The zero-order valence-corrected chi connectivity index (χ0v) is 22.8. The van der Waals surface area contributed by atoms with Crippen LogP contribution < -0.4 is 0 Å². The van der Waals surface area contributed by atoms with E-state index in [9.17, 15) is 0 Å². The molecule has 0 unspecified atom stereocenters.